The highest BCUT2D eigenvalue weighted by Gasteiger charge is 2.26. The third-order valence-corrected chi connectivity index (χ3v) is 6.42. The van der Waals surface area contributed by atoms with Crippen molar-refractivity contribution in [3.8, 4) is 0 Å². The SMILES string of the molecule is CCCn1nc2ccc(S(=O)(=O)N3CCSCC3)cn2c1=O. The van der Waals surface area contributed by atoms with Gasteiger partial charge < -0.3 is 0 Å². The van der Waals surface area contributed by atoms with Crippen molar-refractivity contribution in [3.63, 3.8) is 0 Å². The first-order chi connectivity index (χ1) is 10.5. The van der Waals surface area contributed by atoms with Gasteiger partial charge in [-0.1, -0.05) is 6.92 Å². The maximum absolute atomic E-state index is 12.6. The molecule has 3 rings (SSSR count). The van der Waals surface area contributed by atoms with Crippen LogP contribution in [0.4, 0.5) is 0 Å². The van der Waals surface area contributed by atoms with Crippen LogP contribution in [-0.2, 0) is 16.6 Å². The van der Waals surface area contributed by atoms with Crippen LogP contribution in [0.2, 0.25) is 0 Å². The molecule has 3 heterocycles. The van der Waals surface area contributed by atoms with E-state index in [0.29, 0.717) is 25.3 Å². The molecule has 0 unspecified atom stereocenters. The lowest BCUT2D eigenvalue weighted by molar-refractivity contribution is 0.443. The van der Waals surface area contributed by atoms with Gasteiger partial charge in [-0.25, -0.2) is 22.3 Å². The van der Waals surface area contributed by atoms with Crippen molar-refractivity contribution in [3.05, 3.63) is 28.8 Å². The van der Waals surface area contributed by atoms with Gasteiger partial charge >= 0.3 is 5.69 Å². The van der Waals surface area contributed by atoms with Crippen molar-refractivity contribution in [2.45, 2.75) is 24.8 Å². The van der Waals surface area contributed by atoms with Gasteiger partial charge in [0.15, 0.2) is 5.65 Å². The summed E-state index contributed by atoms with van der Waals surface area (Å²) in [6.45, 7) is 3.50. The quantitative estimate of drug-likeness (QED) is 0.815. The molecular formula is C13H18N4O3S2. The van der Waals surface area contributed by atoms with E-state index in [9.17, 15) is 13.2 Å². The Bertz CT molecular complexity index is 835. The van der Waals surface area contributed by atoms with Gasteiger partial charge in [0.25, 0.3) is 0 Å². The third kappa shape index (κ3) is 2.68. The number of fused-ring (bicyclic) bond motifs is 1. The summed E-state index contributed by atoms with van der Waals surface area (Å²) in [5.41, 5.74) is 0.162. The molecule has 1 fully saturated rings. The maximum Gasteiger partial charge on any atom is 0.350 e. The molecule has 22 heavy (non-hydrogen) atoms. The van der Waals surface area contributed by atoms with Gasteiger partial charge in [0.1, 0.15) is 0 Å². The molecule has 1 aliphatic heterocycles. The van der Waals surface area contributed by atoms with Crippen molar-refractivity contribution in [2.75, 3.05) is 24.6 Å². The molecule has 0 bridgehead atoms. The maximum atomic E-state index is 12.6. The Morgan fingerprint density at radius 2 is 2.00 bits per heavy atom. The molecule has 2 aromatic rings. The Hall–Kier alpha value is -1.32. The summed E-state index contributed by atoms with van der Waals surface area (Å²) in [5, 5.41) is 4.19. The predicted octanol–water partition coefficient (Wildman–Crippen LogP) is 0.643. The van der Waals surface area contributed by atoms with E-state index < -0.39 is 10.0 Å². The number of sulfonamides is 1. The van der Waals surface area contributed by atoms with Crippen LogP contribution in [-0.4, -0.2) is 51.5 Å². The molecule has 0 N–H and O–H groups in total. The van der Waals surface area contributed by atoms with E-state index in [4.69, 9.17) is 0 Å². The minimum atomic E-state index is -3.55. The average molecular weight is 342 g/mol. The molecule has 1 aliphatic rings. The monoisotopic (exact) mass is 342 g/mol. The van der Waals surface area contributed by atoms with Crippen LogP contribution in [0, 0.1) is 0 Å². The van der Waals surface area contributed by atoms with Crippen molar-refractivity contribution in [2.24, 2.45) is 0 Å². The van der Waals surface area contributed by atoms with Crippen molar-refractivity contribution >= 4 is 27.4 Å². The zero-order valence-corrected chi connectivity index (χ0v) is 13.9. The highest BCUT2D eigenvalue weighted by atomic mass is 32.2. The van der Waals surface area contributed by atoms with Crippen LogP contribution >= 0.6 is 11.8 Å². The van der Waals surface area contributed by atoms with Gasteiger partial charge in [-0.15, -0.1) is 5.10 Å². The Morgan fingerprint density at radius 3 is 2.68 bits per heavy atom. The molecule has 0 radical (unpaired) electrons. The third-order valence-electron chi connectivity index (χ3n) is 3.59. The number of pyridine rings is 1. The predicted molar refractivity (Wildman–Crippen MR) is 85.8 cm³/mol. The number of hydrogen-bond donors (Lipinski definition) is 0. The van der Waals surface area contributed by atoms with Gasteiger partial charge in [0.2, 0.25) is 10.0 Å². The summed E-state index contributed by atoms with van der Waals surface area (Å²) in [4.78, 5) is 12.4. The number of hydrogen-bond acceptors (Lipinski definition) is 5. The van der Waals surface area contributed by atoms with Gasteiger partial charge in [-0.2, -0.15) is 16.1 Å². The summed E-state index contributed by atoms with van der Waals surface area (Å²) < 4.78 is 29.4. The molecule has 0 aliphatic carbocycles. The molecule has 0 atom stereocenters. The molecule has 0 amide bonds. The summed E-state index contributed by atoms with van der Waals surface area (Å²) in [7, 11) is -3.55. The second-order valence-electron chi connectivity index (χ2n) is 5.12. The number of aromatic nitrogens is 3. The van der Waals surface area contributed by atoms with E-state index in [1.807, 2.05) is 6.92 Å². The smallest absolute Gasteiger partial charge is 0.249 e. The second-order valence-corrected chi connectivity index (χ2v) is 8.28. The molecule has 120 valence electrons. The summed E-state index contributed by atoms with van der Waals surface area (Å²) >= 11 is 1.75. The topological polar surface area (TPSA) is 76.7 Å². The normalized spacial score (nSPS) is 17.1. The molecule has 2 aromatic heterocycles. The number of aryl methyl sites for hydroxylation is 1. The van der Waals surface area contributed by atoms with Crippen LogP contribution in [0.15, 0.2) is 28.0 Å². The fourth-order valence-corrected chi connectivity index (χ4v) is 5.02. The fraction of sp³-hybridized carbons (Fsp3) is 0.538. The van der Waals surface area contributed by atoms with Crippen molar-refractivity contribution in [1.82, 2.24) is 18.5 Å². The first-order valence-electron chi connectivity index (χ1n) is 7.21. The molecule has 1 saturated heterocycles. The number of rotatable bonds is 4. The van der Waals surface area contributed by atoms with Gasteiger partial charge in [0, 0.05) is 37.3 Å². The summed E-state index contributed by atoms with van der Waals surface area (Å²) in [6.07, 6.45) is 2.17. The van der Waals surface area contributed by atoms with Crippen LogP contribution in [0.25, 0.3) is 5.65 Å². The Kier molecular flexibility index (Phi) is 4.28. The molecule has 0 aromatic carbocycles. The molecular weight excluding hydrogens is 324 g/mol. The van der Waals surface area contributed by atoms with E-state index in [1.54, 1.807) is 17.8 Å². The van der Waals surface area contributed by atoms with Crippen molar-refractivity contribution < 1.29 is 8.42 Å². The first kappa shape index (κ1) is 15.6. The fourth-order valence-electron chi connectivity index (χ4n) is 2.44. The first-order valence-corrected chi connectivity index (χ1v) is 9.80. The van der Waals surface area contributed by atoms with Crippen LogP contribution in [0.5, 0.6) is 0 Å². The molecule has 0 spiro atoms. The highest BCUT2D eigenvalue weighted by Crippen LogP contribution is 2.20. The summed E-state index contributed by atoms with van der Waals surface area (Å²) in [5.74, 6) is 1.60. The van der Waals surface area contributed by atoms with Crippen molar-refractivity contribution in [1.29, 1.82) is 0 Å². The van der Waals surface area contributed by atoms with E-state index in [-0.39, 0.29) is 10.6 Å². The van der Waals surface area contributed by atoms with E-state index >= 15 is 0 Å². The summed E-state index contributed by atoms with van der Waals surface area (Å²) in [6, 6.07) is 3.11. The molecule has 7 nitrogen and oxygen atoms in total. The number of nitrogens with zero attached hydrogens (tertiary/aromatic N) is 4. The largest absolute Gasteiger partial charge is 0.350 e. The van der Waals surface area contributed by atoms with Crippen LogP contribution in [0.1, 0.15) is 13.3 Å². The zero-order valence-electron chi connectivity index (χ0n) is 12.3. The average Bonchev–Trinajstić information content (AvgIpc) is 2.84. The Morgan fingerprint density at radius 1 is 1.27 bits per heavy atom. The van der Waals surface area contributed by atoms with E-state index in [0.717, 1.165) is 17.9 Å². The van der Waals surface area contributed by atoms with Gasteiger partial charge in [-0.05, 0) is 18.6 Å². The van der Waals surface area contributed by atoms with E-state index in [1.165, 1.54) is 25.7 Å². The zero-order chi connectivity index (χ0) is 15.7. The van der Waals surface area contributed by atoms with Crippen LogP contribution in [0.3, 0.4) is 0 Å². The van der Waals surface area contributed by atoms with Gasteiger partial charge in [-0.3, -0.25) is 0 Å². The minimum Gasteiger partial charge on any atom is -0.249 e. The van der Waals surface area contributed by atoms with Crippen LogP contribution < -0.4 is 5.69 Å². The standard InChI is InChI=1S/C13H18N4O3S2/c1-2-5-17-13(18)16-10-11(3-4-12(16)14-17)22(19,20)15-6-8-21-9-7-15/h3-4,10H,2,5-9H2,1H3. The highest BCUT2D eigenvalue weighted by molar-refractivity contribution is 7.99. The lowest BCUT2D eigenvalue weighted by atomic mass is 10.5. The number of thioether (sulfide) groups is 1. The Labute approximate surface area is 133 Å². The molecule has 0 saturated carbocycles. The molecule has 9 heteroatoms. The minimum absolute atomic E-state index is 0.144. The second kappa shape index (κ2) is 6.05. The lowest BCUT2D eigenvalue weighted by Gasteiger charge is -2.25. The lowest BCUT2D eigenvalue weighted by Crippen LogP contribution is -2.38. The van der Waals surface area contributed by atoms with E-state index in [2.05, 4.69) is 5.10 Å². The van der Waals surface area contributed by atoms with Gasteiger partial charge in [0.05, 0.1) is 4.90 Å². The Balaban J connectivity index is 2.04.